The maximum Gasteiger partial charge on any atom is 0.248 e. The molecule has 4 nitrogen and oxygen atoms in total. The average molecular weight is 187 g/mol. The normalized spacial score (nSPS) is 10.0. The topological polar surface area (TPSA) is 46.4 Å². The fourth-order valence-electron chi connectivity index (χ4n) is 1.18. The molecule has 0 spiro atoms. The van der Waals surface area contributed by atoms with Crippen molar-refractivity contribution >= 4 is 17.2 Å². The first-order valence-corrected chi connectivity index (χ1v) is 4.17. The third-order valence-corrected chi connectivity index (χ3v) is 1.81. The molecule has 0 saturated heterocycles. The number of hydrogen-bond acceptors (Lipinski definition) is 2. The maximum absolute atomic E-state index is 11.0. The molecule has 2 aromatic rings. The van der Waals surface area contributed by atoms with Crippen molar-refractivity contribution in [3.8, 4) is 0 Å². The van der Waals surface area contributed by atoms with Gasteiger partial charge in [0.1, 0.15) is 0 Å². The Hall–Kier alpha value is -2.10. The van der Waals surface area contributed by atoms with Crippen molar-refractivity contribution in [1.82, 2.24) is 9.61 Å². The first-order valence-electron chi connectivity index (χ1n) is 4.17. The summed E-state index contributed by atoms with van der Waals surface area (Å²) in [5.74, 6) is 0.273. The molecular formula is C10H9N3O. The van der Waals surface area contributed by atoms with Gasteiger partial charge in [0.2, 0.25) is 5.91 Å². The molecule has 0 fully saturated rings. The summed E-state index contributed by atoms with van der Waals surface area (Å²) in [6.07, 6.45) is 3.03. The average Bonchev–Trinajstić information content (AvgIpc) is 2.59. The summed E-state index contributed by atoms with van der Waals surface area (Å²) in [7, 11) is 0. The monoisotopic (exact) mass is 187 g/mol. The van der Waals surface area contributed by atoms with E-state index in [-0.39, 0.29) is 5.91 Å². The summed E-state index contributed by atoms with van der Waals surface area (Å²) in [5, 5.41) is 6.73. The van der Waals surface area contributed by atoms with E-state index >= 15 is 0 Å². The molecular weight excluding hydrogens is 178 g/mol. The number of amides is 1. The highest BCUT2D eigenvalue weighted by atomic mass is 16.1. The van der Waals surface area contributed by atoms with Gasteiger partial charge in [-0.05, 0) is 18.2 Å². The molecule has 1 amide bonds. The molecule has 0 atom stereocenters. The number of nitrogens with zero attached hydrogens (tertiary/aromatic N) is 2. The lowest BCUT2D eigenvalue weighted by Gasteiger charge is -1.93. The zero-order valence-corrected chi connectivity index (χ0v) is 7.47. The molecule has 2 rings (SSSR count). The molecule has 0 bridgehead atoms. The van der Waals surface area contributed by atoms with Crippen molar-refractivity contribution in [2.24, 2.45) is 0 Å². The fraction of sp³-hybridized carbons (Fsp3) is 0. The van der Waals surface area contributed by atoms with Gasteiger partial charge in [0, 0.05) is 12.3 Å². The molecule has 0 aliphatic heterocycles. The van der Waals surface area contributed by atoms with Gasteiger partial charge in [0.25, 0.3) is 0 Å². The number of anilines is 1. The van der Waals surface area contributed by atoms with Gasteiger partial charge >= 0.3 is 0 Å². The SMILES string of the molecule is C=CC(=O)Nc1cc2ccccn2n1. The first-order chi connectivity index (χ1) is 6.79. The van der Waals surface area contributed by atoms with Gasteiger partial charge in [0.05, 0.1) is 5.52 Å². The number of pyridine rings is 1. The smallest absolute Gasteiger partial charge is 0.248 e. The van der Waals surface area contributed by atoms with E-state index in [4.69, 9.17) is 0 Å². The van der Waals surface area contributed by atoms with Crippen LogP contribution in [0.25, 0.3) is 5.52 Å². The highest BCUT2D eigenvalue weighted by Gasteiger charge is 2.01. The second-order valence-electron chi connectivity index (χ2n) is 2.79. The Morgan fingerprint density at radius 3 is 3.14 bits per heavy atom. The van der Waals surface area contributed by atoms with E-state index in [9.17, 15) is 4.79 Å². The Labute approximate surface area is 80.9 Å². The lowest BCUT2D eigenvalue weighted by atomic mass is 10.4. The van der Waals surface area contributed by atoms with Crippen molar-refractivity contribution < 1.29 is 4.79 Å². The molecule has 2 aromatic heterocycles. The van der Waals surface area contributed by atoms with Crippen LogP contribution >= 0.6 is 0 Å². The van der Waals surface area contributed by atoms with E-state index in [1.54, 1.807) is 10.6 Å². The minimum Gasteiger partial charge on any atom is -0.306 e. The lowest BCUT2D eigenvalue weighted by molar-refractivity contribution is -0.111. The van der Waals surface area contributed by atoms with E-state index in [1.165, 1.54) is 6.08 Å². The van der Waals surface area contributed by atoms with Crippen molar-refractivity contribution in [1.29, 1.82) is 0 Å². The number of nitrogens with one attached hydrogen (secondary N) is 1. The lowest BCUT2D eigenvalue weighted by Crippen LogP contribution is -2.07. The number of aromatic nitrogens is 2. The van der Waals surface area contributed by atoms with Gasteiger partial charge < -0.3 is 5.32 Å². The molecule has 0 aromatic carbocycles. The van der Waals surface area contributed by atoms with Gasteiger partial charge in [-0.1, -0.05) is 12.6 Å². The summed E-state index contributed by atoms with van der Waals surface area (Å²) in [4.78, 5) is 11.0. The minimum atomic E-state index is -0.256. The van der Waals surface area contributed by atoms with Gasteiger partial charge in [0.15, 0.2) is 5.82 Å². The zero-order valence-electron chi connectivity index (χ0n) is 7.47. The van der Waals surface area contributed by atoms with Crippen LogP contribution in [0.5, 0.6) is 0 Å². The second kappa shape index (κ2) is 3.33. The summed E-state index contributed by atoms with van der Waals surface area (Å²) in [6.45, 7) is 3.36. The number of fused-ring (bicyclic) bond motifs is 1. The Balaban J connectivity index is 2.35. The molecule has 0 saturated carbocycles. The predicted octanol–water partition coefficient (Wildman–Crippen LogP) is 1.46. The Bertz CT molecular complexity index is 454. The number of carbonyl (C=O) groups excluding carboxylic acids is 1. The van der Waals surface area contributed by atoms with Crippen LogP contribution in [0, 0.1) is 0 Å². The quantitative estimate of drug-likeness (QED) is 0.723. The van der Waals surface area contributed by atoms with Crippen LogP contribution in [0.3, 0.4) is 0 Å². The highest BCUT2D eigenvalue weighted by Crippen LogP contribution is 2.09. The molecule has 0 aliphatic carbocycles. The molecule has 1 N–H and O–H groups in total. The largest absolute Gasteiger partial charge is 0.306 e. The molecule has 4 heteroatoms. The summed E-state index contributed by atoms with van der Waals surface area (Å²) < 4.78 is 1.69. The highest BCUT2D eigenvalue weighted by molar-refractivity contribution is 5.98. The summed E-state index contributed by atoms with van der Waals surface area (Å²) in [6, 6.07) is 7.49. The summed E-state index contributed by atoms with van der Waals surface area (Å²) in [5.41, 5.74) is 0.937. The first kappa shape index (κ1) is 8.50. The van der Waals surface area contributed by atoms with E-state index in [0.29, 0.717) is 5.82 Å². The van der Waals surface area contributed by atoms with Gasteiger partial charge in [-0.3, -0.25) is 4.79 Å². The zero-order chi connectivity index (χ0) is 9.97. The molecule has 2 heterocycles. The van der Waals surface area contributed by atoms with Crippen molar-refractivity contribution in [3.63, 3.8) is 0 Å². The third kappa shape index (κ3) is 1.50. The van der Waals surface area contributed by atoms with Gasteiger partial charge in [-0.15, -0.1) is 0 Å². The number of hydrogen-bond donors (Lipinski definition) is 1. The van der Waals surface area contributed by atoms with Gasteiger partial charge in [-0.2, -0.15) is 5.10 Å². The molecule has 0 radical (unpaired) electrons. The predicted molar refractivity (Wildman–Crippen MR) is 54.0 cm³/mol. The van der Waals surface area contributed by atoms with Crippen LogP contribution in [0.4, 0.5) is 5.82 Å². The Morgan fingerprint density at radius 2 is 2.43 bits per heavy atom. The van der Waals surface area contributed by atoms with Crippen LogP contribution in [0.15, 0.2) is 43.1 Å². The van der Waals surface area contributed by atoms with E-state index in [1.807, 2.05) is 24.4 Å². The molecule has 70 valence electrons. The van der Waals surface area contributed by atoms with Crippen LogP contribution in [0.2, 0.25) is 0 Å². The summed E-state index contributed by atoms with van der Waals surface area (Å²) >= 11 is 0. The van der Waals surface area contributed by atoms with Crippen molar-refractivity contribution in [2.45, 2.75) is 0 Å². The standard InChI is InChI=1S/C10H9N3O/c1-2-10(14)11-9-7-8-5-3-4-6-13(8)12-9/h2-7H,1H2,(H,11,12,14). The second-order valence-corrected chi connectivity index (χ2v) is 2.79. The van der Waals surface area contributed by atoms with Crippen LogP contribution < -0.4 is 5.32 Å². The molecule has 0 aliphatic rings. The van der Waals surface area contributed by atoms with Crippen LogP contribution in [-0.4, -0.2) is 15.5 Å². The van der Waals surface area contributed by atoms with Crippen molar-refractivity contribution in [3.05, 3.63) is 43.1 Å². The maximum atomic E-state index is 11.0. The molecule has 0 unspecified atom stereocenters. The Morgan fingerprint density at radius 1 is 1.57 bits per heavy atom. The van der Waals surface area contributed by atoms with Crippen molar-refractivity contribution in [2.75, 3.05) is 5.32 Å². The van der Waals surface area contributed by atoms with E-state index in [2.05, 4.69) is 17.0 Å². The van der Waals surface area contributed by atoms with Crippen LogP contribution in [0.1, 0.15) is 0 Å². The van der Waals surface area contributed by atoms with E-state index < -0.39 is 0 Å². The fourth-order valence-corrected chi connectivity index (χ4v) is 1.18. The van der Waals surface area contributed by atoms with E-state index in [0.717, 1.165) is 5.52 Å². The van der Waals surface area contributed by atoms with Gasteiger partial charge in [-0.25, -0.2) is 4.52 Å². The Kier molecular flexibility index (Phi) is 2.02. The third-order valence-electron chi connectivity index (χ3n) is 1.81. The molecule has 14 heavy (non-hydrogen) atoms. The van der Waals surface area contributed by atoms with Crippen LogP contribution in [-0.2, 0) is 4.79 Å². The number of rotatable bonds is 2. The number of carbonyl (C=O) groups is 1. The minimum absolute atomic E-state index is 0.256.